The lowest BCUT2D eigenvalue weighted by molar-refractivity contribution is -0.116. The lowest BCUT2D eigenvalue weighted by Gasteiger charge is -2.08. The van der Waals surface area contributed by atoms with Crippen LogP contribution in [0.1, 0.15) is 24.2 Å². The zero-order chi connectivity index (χ0) is 14.7. The van der Waals surface area contributed by atoms with Gasteiger partial charge in [-0.1, -0.05) is 11.3 Å². The van der Waals surface area contributed by atoms with Gasteiger partial charge in [-0.2, -0.15) is 0 Å². The second-order valence-corrected chi connectivity index (χ2v) is 4.64. The Hall–Kier alpha value is -2.28. The van der Waals surface area contributed by atoms with Crippen LogP contribution in [0.2, 0.25) is 0 Å². The minimum Gasteiger partial charge on any atom is -0.324 e. The van der Waals surface area contributed by atoms with Crippen molar-refractivity contribution in [3.8, 4) is 0 Å². The molecule has 3 N–H and O–H groups in total. The number of carbonyl (C=O) groups is 1. The van der Waals surface area contributed by atoms with Gasteiger partial charge in [0.05, 0.1) is 11.9 Å². The third-order valence-electron chi connectivity index (χ3n) is 2.80. The van der Waals surface area contributed by atoms with Crippen LogP contribution in [0.25, 0.3) is 0 Å². The van der Waals surface area contributed by atoms with Gasteiger partial charge in [0.1, 0.15) is 12.4 Å². The number of carbonyl (C=O) groups excluding carboxylic acids is 1. The Morgan fingerprint density at radius 3 is 2.95 bits per heavy atom. The molecule has 0 spiro atoms. The van der Waals surface area contributed by atoms with E-state index in [2.05, 4.69) is 15.6 Å². The van der Waals surface area contributed by atoms with Crippen LogP contribution in [0.3, 0.4) is 0 Å². The van der Waals surface area contributed by atoms with Gasteiger partial charge < -0.3 is 11.1 Å². The Balaban J connectivity index is 2.03. The number of rotatable bonds is 4. The van der Waals surface area contributed by atoms with E-state index in [1.165, 1.54) is 16.8 Å². The summed E-state index contributed by atoms with van der Waals surface area (Å²) in [5.41, 5.74) is 7.50. The maximum absolute atomic E-state index is 13.1. The molecular weight excluding hydrogens is 261 g/mol. The van der Waals surface area contributed by atoms with E-state index < -0.39 is 5.82 Å². The van der Waals surface area contributed by atoms with Crippen LogP contribution in [0.5, 0.6) is 0 Å². The Labute approximate surface area is 115 Å². The van der Waals surface area contributed by atoms with Crippen LogP contribution < -0.4 is 11.1 Å². The SMILES string of the molecule is Cc1ccc(F)cc1NC(=O)Cn1cc(C(C)N)nn1. The lowest BCUT2D eigenvalue weighted by Crippen LogP contribution is -2.19. The smallest absolute Gasteiger partial charge is 0.246 e. The summed E-state index contributed by atoms with van der Waals surface area (Å²) in [7, 11) is 0. The summed E-state index contributed by atoms with van der Waals surface area (Å²) in [5.74, 6) is -0.703. The van der Waals surface area contributed by atoms with Crippen molar-refractivity contribution < 1.29 is 9.18 Å². The normalized spacial score (nSPS) is 12.2. The molecule has 0 fully saturated rings. The predicted octanol–water partition coefficient (Wildman–Crippen LogP) is 1.38. The van der Waals surface area contributed by atoms with Crippen LogP contribution in [0.15, 0.2) is 24.4 Å². The van der Waals surface area contributed by atoms with Gasteiger partial charge in [0.2, 0.25) is 5.91 Å². The molecule has 1 unspecified atom stereocenters. The molecule has 2 aromatic rings. The summed E-state index contributed by atoms with van der Waals surface area (Å²) in [5, 5.41) is 10.3. The van der Waals surface area contributed by atoms with Crippen LogP contribution >= 0.6 is 0 Å². The van der Waals surface area contributed by atoms with Crippen LogP contribution in [0.4, 0.5) is 10.1 Å². The molecule has 1 atom stereocenters. The summed E-state index contributed by atoms with van der Waals surface area (Å²) in [4.78, 5) is 11.9. The van der Waals surface area contributed by atoms with Gasteiger partial charge in [-0.05, 0) is 31.5 Å². The number of hydrogen-bond donors (Lipinski definition) is 2. The van der Waals surface area contributed by atoms with E-state index in [1.807, 2.05) is 0 Å². The fourth-order valence-corrected chi connectivity index (χ4v) is 1.67. The maximum atomic E-state index is 13.1. The van der Waals surface area contributed by atoms with Crippen molar-refractivity contribution in [2.24, 2.45) is 5.73 Å². The molecule has 1 amide bonds. The number of aromatic nitrogens is 3. The van der Waals surface area contributed by atoms with Crippen molar-refractivity contribution >= 4 is 11.6 Å². The maximum Gasteiger partial charge on any atom is 0.246 e. The first-order valence-electron chi connectivity index (χ1n) is 6.17. The Kier molecular flexibility index (Phi) is 4.09. The zero-order valence-electron chi connectivity index (χ0n) is 11.3. The molecule has 0 saturated heterocycles. The van der Waals surface area contributed by atoms with E-state index in [9.17, 15) is 9.18 Å². The van der Waals surface area contributed by atoms with Crippen molar-refractivity contribution in [3.63, 3.8) is 0 Å². The number of halogens is 1. The molecular formula is C13H16FN5O. The molecule has 2 rings (SSSR count). The van der Waals surface area contributed by atoms with Gasteiger partial charge >= 0.3 is 0 Å². The second kappa shape index (κ2) is 5.79. The van der Waals surface area contributed by atoms with E-state index in [-0.39, 0.29) is 18.5 Å². The number of anilines is 1. The van der Waals surface area contributed by atoms with Crippen molar-refractivity contribution in [2.75, 3.05) is 5.32 Å². The molecule has 20 heavy (non-hydrogen) atoms. The third kappa shape index (κ3) is 3.39. The number of hydrogen-bond acceptors (Lipinski definition) is 4. The van der Waals surface area contributed by atoms with Crippen molar-refractivity contribution in [1.29, 1.82) is 0 Å². The first-order chi connectivity index (χ1) is 9.45. The van der Waals surface area contributed by atoms with Gasteiger partial charge in [0.15, 0.2) is 0 Å². The first-order valence-corrected chi connectivity index (χ1v) is 6.17. The third-order valence-corrected chi connectivity index (χ3v) is 2.80. The molecule has 0 aliphatic carbocycles. The van der Waals surface area contributed by atoms with E-state index in [0.717, 1.165) is 5.56 Å². The highest BCUT2D eigenvalue weighted by Gasteiger charge is 2.10. The van der Waals surface area contributed by atoms with Crippen molar-refractivity contribution in [1.82, 2.24) is 15.0 Å². The number of nitrogens with zero attached hydrogens (tertiary/aromatic N) is 3. The van der Waals surface area contributed by atoms with E-state index in [0.29, 0.717) is 11.4 Å². The van der Waals surface area contributed by atoms with E-state index in [4.69, 9.17) is 5.73 Å². The van der Waals surface area contributed by atoms with Gasteiger partial charge in [0.25, 0.3) is 0 Å². The first kappa shape index (κ1) is 14.1. The van der Waals surface area contributed by atoms with E-state index >= 15 is 0 Å². The molecule has 1 heterocycles. The topological polar surface area (TPSA) is 85.8 Å². The summed E-state index contributed by atoms with van der Waals surface area (Å²) >= 11 is 0. The quantitative estimate of drug-likeness (QED) is 0.884. The Morgan fingerprint density at radius 1 is 1.55 bits per heavy atom. The van der Waals surface area contributed by atoms with Crippen molar-refractivity contribution in [2.45, 2.75) is 26.4 Å². The minimum atomic E-state index is -0.397. The second-order valence-electron chi connectivity index (χ2n) is 4.64. The van der Waals surface area contributed by atoms with Crippen LogP contribution in [-0.4, -0.2) is 20.9 Å². The largest absolute Gasteiger partial charge is 0.324 e. The van der Waals surface area contributed by atoms with Crippen LogP contribution in [-0.2, 0) is 11.3 Å². The summed E-state index contributed by atoms with van der Waals surface area (Å²) in [6, 6.07) is 3.99. The van der Waals surface area contributed by atoms with Gasteiger partial charge in [-0.15, -0.1) is 5.10 Å². The number of nitrogens with one attached hydrogen (secondary N) is 1. The highest BCUT2D eigenvalue weighted by Crippen LogP contribution is 2.15. The Morgan fingerprint density at radius 2 is 2.30 bits per heavy atom. The molecule has 0 aliphatic heterocycles. The van der Waals surface area contributed by atoms with Gasteiger partial charge in [0, 0.05) is 11.7 Å². The number of aryl methyl sites for hydroxylation is 1. The molecule has 0 saturated carbocycles. The summed E-state index contributed by atoms with van der Waals surface area (Å²) in [6.07, 6.45) is 1.61. The zero-order valence-corrected chi connectivity index (χ0v) is 11.3. The molecule has 1 aromatic heterocycles. The van der Waals surface area contributed by atoms with E-state index in [1.54, 1.807) is 26.1 Å². The fraction of sp³-hybridized carbons (Fsp3) is 0.308. The highest BCUT2D eigenvalue weighted by atomic mass is 19.1. The average Bonchev–Trinajstić information content (AvgIpc) is 2.82. The molecule has 7 heteroatoms. The van der Waals surface area contributed by atoms with Gasteiger partial charge in [-0.3, -0.25) is 4.79 Å². The molecule has 1 aromatic carbocycles. The number of benzene rings is 1. The lowest BCUT2D eigenvalue weighted by atomic mass is 10.2. The Bertz CT molecular complexity index is 623. The summed E-state index contributed by atoms with van der Waals surface area (Å²) < 4.78 is 14.5. The predicted molar refractivity (Wildman–Crippen MR) is 72.4 cm³/mol. The number of amides is 1. The molecule has 0 bridgehead atoms. The molecule has 106 valence electrons. The monoisotopic (exact) mass is 277 g/mol. The molecule has 0 radical (unpaired) electrons. The van der Waals surface area contributed by atoms with Crippen LogP contribution in [0, 0.1) is 12.7 Å². The minimum absolute atomic E-state index is 0.00429. The van der Waals surface area contributed by atoms with Crippen molar-refractivity contribution in [3.05, 3.63) is 41.5 Å². The highest BCUT2D eigenvalue weighted by molar-refractivity contribution is 5.91. The number of nitrogens with two attached hydrogens (primary N) is 1. The van der Waals surface area contributed by atoms with Gasteiger partial charge in [-0.25, -0.2) is 9.07 Å². The summed E-state index contributed by atoms with van der Waals surface area (Å²) in [6.45, 7) is 3.57. The molecule has 0 aliphatic rings. The molecule has 6 nitrogen and oxygen atoms in total. The average molecular weight is 277 g/mol. The fourth-order valence-electron chi connectivity index (χ4n) is 1.67. The standard InChI is InChI=1S/C13H16FN5O/c1-8-3-4-10(14)5-11(8)16-13(20)7-19-6-12(9(2)15)17-18-19/h3-6,9H,7,15H2,1-2H3,(H,16,20).